The lowest BCUT2D eigenvalue weighted by Crippen LogP contribution is -2.60. The monoisotopic (exact) mass is 451 g/mol. The topological polar surface area (TPSA) is 71.0 Å². The number of fused-ring (bicyclic) bond motifs is 1. The molecule has 0 aliphatic carbocycles. The molecule has 2 aromatic heterocycles. The lowest BCUT2D eigenvalue weighted by atomic mass is 9.72. The van der Waals surface area contributed by atoms with Crippen LogP contribution in [0.15, 0.2) is 6.07 Å². The Balaban J connectivity index is 1.25. The standard InChI is InChI=1S/C20H26ClN5O3S/c1-28-19(27)26-4-2-20(3-5-26)12-24(13-20)11-14-10-15-16(30-14)17(23-18(21)22-15)25-6-8-29-9-7-25/h10H,2-9,11-13H2,1H3. The number of rotatable bonds is 3. The molecule has 3 saturated heterocycles. The Hall–Kier alpha value is -1.68. The van der Waals surface area contributed by atoms with Crippen molar-refractivity contribution >= 4 is 45.1 Å². The lowest BCUT2D eigenvalue weighted by Gasteiger charge is -2.53. The summed E-state index contributed by atoms with van der Waals surface area (Å²) in [4.78, 5) is 28.5. The van der Waals surface area contributed by atoms with E-state index in [9.17, 15) is 4.79 Å². The molecule has 30 heavy (non-hydrogen) atoms. The zero-order chi connectivity index (χ0) is 20.7. The second-order valence-corrected chi connectivity index (χ2v) is 9.92. The number of hydrogen-bond donors (Lipinski definition) is 0. The molecule has 0 atom stereocenters. The van der Waals surface area contributed by atoms with Crippen LogP contribution in [0.3, 0.4) is 0 Å². The minimum Gasteiger partial charge on any atom is -0.453 e. The number of anilines is 1. The van der Waals surface area contributed by atoms with E-state index in [0.29, 0.717) is 23.9 Å². The number of likely N-dealkylation sites (tertiary alicyclic amines) is 2. The summed E-state index contributed by atoms with van der Waals surface area (Å²) < 4.78 is 11.4. The molecule has 2 aromatic rings. The fourth-order valence-electron chi connectivity index (χ4n) is 4.85. The van der Waals surface area contributed by atoms with Crippen molar-refractivity contribution < 1.29 is 14.3 Å². The molecule has 5 heterocycles. The highest BCUT2D eigenvalue weighted by Gasteiger charge is 2.45. The van der Waals surface area contributed by atoms with Gasteiger partial charge in [-0.1, -0.05) is 0 Å². The number of aromatic nitrogens is 2. The molecular formula is C20H26ClN5O3S. The van der Waals surface area contributed by atoms with Crippen LogP contribution >= 0.6 is 22.9 Å². The summed E-state index contributed by atoms with van der Waals surface area (Å²) in [5.41, 5.74) is 1.28. The zero-order valence-electron chi connectivity index (χ0n) is 17.1. The number of thiophene rings is 1. The first-order chi connectivity index (χ1) is 14.5. The molecule has 0 N–H and O–H groups in total. The number of methoxy groups -OCH3 is 1. The van der Waals surface area contributed by atoms with E-state index in [-0.39, 0.29) is 6.09 Å². The molecule has 3 fully saturated rings. The number of halogens is 1. The van der Waals surface area contributed by atoms with Gasteiger partial charge in [-0.05, 0) is 35.9 Å². The van der Waals surface area contributed by atoms with E-state index in [1.165, 1.54) is 12.0 Å². The van der Waals surface area contributed by atoms with Crippen LogP contribution in [0.1, 0.15) is 17.7 Å². The van der Waals surface area contributed by atoms with Crippen molar-refractivity contribution in [1.82, 2.24) is 19.8 Å². The molecule has 0 radical (unpaired) electrons. The molecule has 1 amide bonds. The second-order valence-electron chi connectivity index (χ2n) is 8.44. The van der Waals surface area contributed by atoms with Crippen molar-refractivity contribution in [3.8, 4) is 0 Å². The summed E-state index contributed by atoms with van der Waals surface area (Å²) >= 11 is 7.98. The predicted octanol–water partition coefficient (Wildman–Crippen LogP) is 2.85. The Morgan fingerprint density at radius 1 is 1.23 bits per heavy atom. The van der Waals surface area contributed by atoms with E-state index in [2.05, 4.69) is 25.8 Å². The SMILES string of the molecule is COC(=O)N1CCC2(CC1)CN(Cc1cc3nc(Cl)nc(N4CCOCC4)c3s1)C2. The molecule has 3 aliphatic rings. The summed E-state index contributed by atoms with van der Waals surface area (Å²) in [6.07, 6.45) is 1.89. The minimum absolute atomic E-state index is 0.206. The van der Waals surface area contributed by atoms with Gasteiger partial charge in [0.2, 0.25) is 5.28 Å². The molecule has 3 aliphatic heterocycles. The van der Waals surface area contributed by atoms with Crippen LogP contribution in [0, 0.1) is 5.41 Å². The van der Waals surface area contributed by atoms with Crippen molar-refractivity contribution in [2.24, 2.45) is 5.41 Å². The van der Waals surface area contributed by atoms with Crippen molar-refractivity contribution in [1.29, 1.82) is 0 Å². The molecule has 0 unspecified atom stereocenters. The minimum atomic E-state index is -0.206. The molecular weight excluding hydrogens is 426 g/mol. The largest absolute Gasteiger partial charge is 0.453 e. The Kier molecular flexibility index (Phi) is 5.47. The second kappa shape index (κ2) is 8.11. The van der Waals surface area contributed by atoms with Gasteiger partial charge in [0.15, 0.2) is 5.82 Å². The zero-order valence-corrected chi connectivity index (χ0v) is 18.7. The van der Waals surface area contributed by atoms with Crippen molar-refractivity contribution in [2.75, 3.05) is 64.5 Å². The van der Waals surface area contributed by atoms with Gasteiger partial charge in [0, 0.05) is 50.7 Å². The molecule has 8 nitrogen and oxygen atoms in total. The fourth-order valence-corrected chi connectivity index (χ4v) is 6.17. The highest BCUT2D eigenvalue weighted by atomic mass is 35.5. The van der Waals surface area contributed by atoms with E-state index in [0.717, 1.165) is 74.7 Å². The number of amides is 1. The summed E-state index contributed by atoms with van der Waals surface area (Å²) in [7, 11) is 1.45. The van der Waals surface area contributed by atoms with Gasteiger partial charge in [0.05, 0.1) is 30.5 Å². The summed E-state index contributed by atoms with van der Waals surface area (Å²) in [6.45, 7) is 7.75. The van der Waals surface area contributed by atoms with Gasteiger partial charge in [0.25, 0.3) is 0 Å². The molecule has 1 spiro atoms. The third-order valence-corrected chi connectivity index (χ3v) is 7.72. The van der Waals surface area contributed by atoms with Crippen LogP contribution < -0.4 is 4.90 Å². The highest BCUT2D eigenvalue weighted by Crippen LogP contribution is 2.42. The number of nitrogens with zero attached hydrogens (tertiary/aromatic N) is 5. The van der Waals surface area contributed by atoms with Crippen molar-refractivity contribution in [2.45, 2.75) is 19.4 Å². The smallest absolute Gasteiger partial charge is 0.409 e. The number of morpholine rings is 1. The highest BCUT2D eigenvalue weighted by molar-refractivity contribution is 7.19. The van der Waals surface area contributed by atoms with E-state index in [4.69, 9.17) is 21.1 Å². The van der Waals surface area contributed by atoms with Crippen LogP contribution in [0.4, 0.5) is 10.6 Å². The Labute approximate surface area is 184 Å². The Morgan fingerprint density at radius 2 is 1.97 bits per heavy atom. The van der Waals surface area contributed by atoms with Gasteiger partial charge in [-0.2, -0.15) is 4.98 Å². The maximum atomic E-state index is 11.7. The van der Waals surface area contributed by atoms with Crippen LogP contribution in [-0.2, 0) is 16.0 Å². The van der Waals surface area contributed by atoms with Gasteiger partial charge in [0.1, 0.15) is 0 Å². The van der Waals surface area contributed by atoms with Gasteiger partial charge in [-0.25, -0.2) is 9.78 Å². The average molecular weight is 452 g/mol. The van der Waals surface area contributed by atoms with Crippen molar-refractivity contribution in [3.05, 3.63) is 16.2 Å². The molecule has 0 aromatic carbocycles. The van der Waals surface area contributed by atoms with E-state index in [1.807, 2.05) is 4.90 Å². The third-order valence-electron chi connectivity index (χ3n) is 6.44. The summed E-state index contributed by atoms with van der Waals surface area (Å²) in [5, 5.41) is 0.300. The fraction of sp³-hybridized carbons (Fsp3) is 0.650. The van der Waals surface area contributed by atoms with Gasteiger partial charge < -0.3 is 19.3 Å². The lowest BCUT2D eigenvalue weighted by molar-refractivity contribution is -0.0477. The quantitative estimate of drug-likeness (QED) is 0.664. The normalized spacial score (nSPS) is 21.8. The van der Waals surface area contributed by atoms with E-state index in [1.54, 1.807) is 11.3 Å². The Morgan fingerprint density at radius 3 is 2.67 bits per heavy atom. The first-order valence-electron chi connectivity index (χ1n) is 10.4. The molecule has 0 bridgehead atoms. The molecule has 5 rings (SSSR count). The summed E-state index contributed by atoms with van der Waals surface area (Å²) in [5.74, 6) is 0.930. The first kappa shape index (κ1) is 20.2. The number of hydrogen-bond acceptors (Lipinski definition) is 8. The number of ether oxygens (including phenoxy) is 2. The van der Waals surface area contributed by atoms with Crippen molar-refractivity contribution in [3.63, 3.8) is 0 Å². The van der Waals surface area contributed by atoms with Gasteiger partial charge in [-0.15, -0.1) is 11.3 Å². The average Bonchev–Trinajstić information content (AvgIpc) is 3.14. The Bertz CT molecular complexity index is 932. The molecule has 0 saturated carbocycles. The van der Waals surface area contributed by atoms with Crippen LogP contribution in [0.5, 0.6) is 0 Å². The van der Waals surface area contributed by atoms with E-state index >= 15 is 0 Å². The maximum Gasteiger partial charge on any atom is 0.409 e. The first-order valence-corrected chi connectivity index (χ1v) is 11.6. The summed E-state index contributed by atoms with van der Waals surface area (Å²) in [6, 6.07) is 2.16. The van der Waals surface area contributed by atoms with E-state index < -0.39 is 0 Å². The number of piperidine rings is 1. The maximum absolute atomic E-state index is 11.7. The number of carbonyl (C=O) groups excluding carboxylic acids is 1. The van der Waals surface area contributed by atoms with Crippen LogP contribution in [0.2, 0.25) is 5.28 Å². The van der Waals surface area contributed by atoms with Crippen LogP contribution in [0.25, 0.3) is 10.2 Å². The molecule has 162 valence electrons. The molecule has 10 heteroatoms. The predicted molar refractivity (Wildman–Crippen MR) is 116 cm³/mol. The van der Waals surface area contributed by atoms with Crippen LogP contribution in [-0.4, -0.2) is 85.5 Å². The number of carbonyl (C=O) groups is 1. The third kappa shape index (κ3) is 3.84. The van der Waals surface area contributed by atoms with Gasteiger partial charge >= 0.3 is 6.09 Å². The van der Waals surface area contributed by atoms with Gasteiger partial charge in [-0.3, -0.25) is 4.90 Å².